The molecule has 9 heteroatoms. The molecule has 0 N–H and O–H groups in total. The van der Waals surface area contributed by atoms with Gasteiger partial charge in [-0.2, -0.15) is 13.2 Å². The van der Waals surface area contributed by atoms with Gasteiger partial charge in [-0.3, -0.25) is 9.78 Å². The van der Waals surface area contributed by atoms with Crippen molar-refractivity contribution in [3.8, 4) is 5.88 Å². The molecule has 5 nitrogen and oxygen atoms in total. The van der Waals surface area contributed by atoms with Crippen LogP contribution in [-0.2, 0) is 4.74 Å². The van der Waals surface area contributed by atoms with Crippen LogP contribution in [0.25, 0.3) is 0 Å². The fourth-order valence-electron chi connectivity index (χ4n) is 2.72. The van der Waals surface area contributed by atoms with Crippen molar-refractivity contribution in [3.63, 3.8) is 0 Å². The van der Waals surface area contributed by atoms with E-state index in [4.69, 9.17) is 9.47 Å². The molecule has 2 aromatic rings. The zero-order valence-electron chi connectivity index (χ0n) is 15.0. The first-order valence-electron chi connectivity index (χ1n) is 8.56. The van der Waals surface area contributed by atoms with Crippen LogP contribution in [0.3, 0.4) is 0 Å². The Labute approximate surface area is 168 Å². The van der Waals surface area contributed by atoms with E-state index in [1.807, 2.05) is 6.92 Å². The molecule has 1 atom stereocenters. The van der Waals surface area contributed by atoms with Crippen LogP contribution in [0, 0.1) is 5.41 Å². The molecule has 2 aromatic heterocycles. The summed E-state index contributed by atoms with van der Waals surface area (Å²) in [6, 6.07) is 7.15. The van der Waals surface area contributed by atoms with Gasteiger partial charge in [0.25, 0.3) is 0 Å². The first-order chi connectivity index (χ1) is 13.2. The number of alkyl halides is 3. The maximum absolute atomic E-state index is 13.5. The Hall–Kier alpha value is -2.00. The number of ketones is 1. The minimum Gasteiger partial charge on any atom is -0.476 e. The normalized spacial score (nSPS) is 16.9. The Kier molecular flexibility index (Phi) is 6.04. The van der Waals surface area contributed by atoms with Crippen molar-refractivity contribution >= 4 is 21.7 Å². The van der Waals surface area contributed by atoms with E-state index in [0.29, 0.717) is 24.3 Å². The third kappa shape index (κ3) is 4.88. The monoisotopic (exact) mass is 458 g/mol. The van der Waals surface area contributed by atoms with E-state index < -0.39 is 24.3 Å². The van der Waals surface area contributed by atoms with E-state index >= 15 is 0 Å². The smallest absolute Gasteiger partial charge is 0.397 e. The molecule has 0 amide bonds. The molecule has 1 fully saturated rings. The Morgan fingerprint density at radius 1 is 1.32 bits per heavy atom. The molecular weight excluding hydrogens is 441 g/mol. The number of pyridine rings is 2. The molecule has 0 bridgehead atoms. The summed E-state index contributed by atoms with van der Waals surface area (Å²) in [5, 5.41) is 0. The number of hydrogen-bond acceptors (Lipinski definition) is 5. The molecule has 3 rings (SSSR count). The summed E-state index contributed by atoms with van der Waals surface area (Å²) in [6.07, 6.45) is -4.11. The van der Waals surface area contributed by atoms with Gasteiger partial charge in [-0.25, -0.2) is 4.98 Å². The molecule has 1 aliphatic rings. The minimum absolute atomic E-state index is 0.0848. The molecule has 0 saturated carbocycles. The molecule has 1 unspecified atom stereocenters. The average Bonchev–Trinajstić information content (AvgIpc) is 2.63. The maximum Gasteiger partial charge on any atom is 0.397 e. The molecule has 150 valence electrons. The van der Waals surface area contributed by atoms with Gasteiger partial charge in [0.1, 0.15) is 11.6 Å². The third-order valence-electron chi connectivity index (χ3n) is 4.39. The van der Waals surface area contributed by atoms with Crippen LogP contribution < -0.4 is 4.74 Å². The fourth-order valence-corrected chi connectivity index (χ4v) is 3.05. The minimum atomic E-state index is -4.60. The molecular formula is C19H18BrF3N2O3. The van der Waals surface area contributed by atoms with E-state index in [9.17, 15) is 18.0 Å². The van der Waals surface area contributed by atoms with Crippen molar-refractivity contribution in [2.45, 2.75) is 25.4 Å². The molecule has 1 saturated heterocycles. The summed E-state index contributed by atoms with van der Waals surface area (Å²) in [6.45, 7) is 3.43. The first-order valence-corrected chi connectivity index (χ1v) is 9.35. The van der Waals surface area contributed by atoms with Crippen molar-refractivity contribution in [1.29, 1.82) is 0 Å². The lowest BCUT2D eigenvalue weighted by Crippen LogP contribution is -2.44. The molecule has 0 spiro atoms. The Bertz CT molecular complexity index is 842. The second kappa shape index (κ2) is 8.16. The second-order valence-corrected chi connectivity index (χ2v) is 7.91. The summed E-state index contributed by atoms with van der Waals surface area (Å²) in [5.74, 6) is -2.56. The highest BCUT2D eigenvalue weighted by molar-refractivity contribution is 9.10. The predicted molar refractivity (Wildman–Crippen MR) is 98.3 cm³/mol. The number of carbonyl (C=O) groups is 1. The predicted octanol–water partition coefficient (Wildman–Crippen LogP) is 4.57. The van der Waals surface area contributed by atoms with Crippen molar-refractivity contribution in [2.75, 3.05) is 19.8 Å². The number of nitrogens with zero attached hydrogens (tertiary/aromatic N) is 2. The fraction of sp³-hybridized carbons (Fsp3) is 0.421. The van der Waals surface area contributed by atoms with Crippen LogP contribution in [-0.4, -0.2) is 41.7 Å². The second-order valence-electron chi connectivity index (χ2n) is 7.05. The topological polar surface area (TPSA) is 61.3 Å². The van der Waals surface area contributed by atoms with E-state index in [1.54, 1.807) is 6.07 Å². The van der Waals surface area contributed by atoms with Crippen LogP contribution in [0.1, 0.15) is 35.4 Å². The van der Waals surface area contributed by atoms with Gasteiger partial charge in [-0.1, -0.05) is 13.0 Å². The van der Waals surface area contributed by atoms with Crippen molar-refractivity contribution < 1.29 is 27.4 Å². The molecule has 28 heavy (non-hydrogen) atoms. The van der Waals surface area contributed by atoms with Gasteiger partial charge in [0.05, 0.1) is 30.0 Å². The zero-order valence-corrected chi connectivity index (χ0v) is 16.6. The number of Topliss-reactive ketones (excluding diaryl/α,β-unsaturated/α-hetero) is 1. The standard InChI is InChI=1S/C19H18BrF3N2O3/c1-18(9-27-10-18)11-28-17-13(20)5-6-15(25-17)16(26)8-12(19(21,22)23)14-4-2-3-7-24-14/h2-7,12H,8-11H2,1H3. The maximum atomic E-state index is 13.5. The van der Waals surface area contributed by atoms with Gasteiger partial charge in [0.15, 0.2) is 5.78 Å². The van der Waals surface area contributed by atoms with E-state index in [2.05, 4.69) is 25.9 Å². The average molecular weight is 459 g/mol. The number of rotatable bonds is 7. The molecule has 3 heterocycles. The van der Waals surface area contributed by atoms with E-state index in [1.165, 1.54) is 30.5 Å². The van der Waals surface area contributed by atoms with Crippen molar-refractivity contribution in [2.24, 2.45) is 5.41 Å². The number of ether oxygens (including phenoxy) is 2. The molecule has 0 aromatic carbocycles. The lowest BCUT2D eigenvalue weighted by molar-refractivity contribution is -0.150. The highest BCUT2D eigenvalue weighted by Gasteiger charge is 2.43. The van der Waals surface area contributed by atoms with Crippen LogP contribution >= 0.6 is 15.9 Å². The Balaban J connectivity index is 1.76. The highest BCUT2D eigenvalue weighted by Crippen LogP contribution is 2.37. The molecule has 1 aliphatic heterocycles. The van der Waals surface area contributed by atoms with Crippen LogP contribution in [0.5, 0.6) is 5.88 Å². The van der Waals surface area contributed by atoms with Gasteiger partial charge in [-0.15, -0.1) is 0 Å². The van der Waals surface area contributed by atoms with Crippen LogP contribution in [0.2, 0.25) is 0 Å². The summed E-state index contributed by atoms with van der Waals surface area (Å²) in [4.78, 5) is 20.4. The summed E-state index contributed by atoms with van der Waals surface area (Å²) in [5.41, 5.74) is -0.421. The quantitative estimate of drug-likeness (QED) is 0.568. The third-order valence-corrected chi connectivity index (χ3v) is 4.99. The number of halogens is 4. The highest BCUT2D eigenvalue weighted by atomic mass is 79.9. The summed E-state index contributed by atoms with van der Waals surface area (Å²) < 4.78 is 51.7. The lowest BCUT2D eigenvalue weighted by atomic mass is 9.90. The SMILES string of the molecule is CC1(COc2nc(C(=O)CC(c3ccccn3)C(F)(F)F)ccc2Br)COC1. The molecule has 0 aliphatic carbocycles. The number of aromatic nitrogens is 2. The van der Waals surface area contributed by atoms with Gasteiger partial charge >= 0.3 is 6.18 Å². The van der Waals surface area contributed by atoms with Crippen LogP contribution in [0.15, 0.2) is 41.0 Å². The Morgan fingerprint density at radius 2 is 2.07 bits per heavy atom. The first kappa shape index (κ1) is 20.7. The largest absolute Gasteiger partial charge is 0.476 e. The Morgan fingerprint density at radius 3 is 2.64 bits per heavy atom. The van der Waals surface area contributed by atoms with Gasteiger partial charge < -0.3 is 9.47 Å². The number of hydrogen-bond donors (Lipinski definition) is 0. The van der Waals surface area contributed by atoms with Gasteiger partial charge in [-0.05, 0) is 40.2 Å². The van der Waals surface area contributed by atoms with Gasteiger partial charge in [0.2, 0.25) is 5.88 Å². The van der Waals surface area contributed by atoms with E-state index in [0.717, 1.165) is 0 Å². The zero-order chi connectivity index (χ0) is 20.4. The molecule has 0 radical (unpaired) electrons. The van der Waals surface area contributed by atoms with Crippen LogP contribution in [0.4, 0.5) is 13.2 Å². The summed E-state index contributed by atoms with van der Waals surface area (Å²) >= 11 is 3.29. The summed E-state index contributed by atoms with van der Waals surface area (Å²) in [7, 11) is 0. The number of carbonyl (C=O) groups excluding carboxylic acids is 1. The lowest BCUT2D eigenvalue weighted by Gasteiger charge is -2.37. The van der Waals surface area contributed by atoms with Crippen molar-refractivity contribution in [3.05, 3.63) is 52.4 Å². The van der Waals surface area contributed by atoms with Crippen molar-refractivity contribution in [1.82, 2.24) is 9.97 Å². The van der Waals surface area contributed by atoms with Gasteiger partial charge in [0, 0.05) is 18.0 Å². The van der Waals surface area contributed by atoms with E-state index in [-0.39, 0.29) is 22.7 Å².